The summed E-state index contributed by atoms with van der Waals surface area (Å²) >= 11 is 0. The molecule has 2 aromatic carbocycles. The molecule has 5 rings (SSSR count). The molecule has 1 fully saturated rings. The van der Waals surface area contributed by atoms with E-state index in [0.717, 1.165) is 55.0 Å². The summed E-state index contributed by atoms with van der Waals surface area (Å²) in [6.07, 6.45) is 2.15. The fourth-order valence-electron chi connectivity index (χ4n) is 5.56. The number of fused-ring (bicyclic) bond motifs is 4. The van der Waals surface area contributed by atoms with Crippen LogP contribution < -0.4 is 4.74 Å². The molecule has 0 saturated carbocycles. The third kappa shape index (κ3) is 3.53. The van der Waals surface area contributed by atoms with Crippen molar-refractivity contribution in [2.45, 2.75) is 30.8 Å². The maximum atomic E-state index is 13.4. The average Bonchev–Trinajstić information content (AvgIpc) is 3.17. The standard InChI is InChI=1S/C25H30FN3O2/c1-28-11-9-25(10-12-28)16-29(14-17-3-5-18(26)6-4-17)22(15-30)24-23(25)20-8-7-19(31-2)13-21(20)27-24/h3-8,13,22,27,30H,9-12,14-16H2,1-2H3/t22-/m1/s1. The molecule has 5 nitrogen and oxygen atoms in total. The van der Waals surface area contributed by atoms with Crippen molar-refractivity contribution in [2.75, 3.05) is 40.4 Å². The second-order valence-corrected chi connectivity index (χ2v) is 9.14. The van der Waals surface area contributed by atoms with E-state index in [1.54, 1.807) is 7.11 Å². The number of nitrogens with one attached hydrogen (secondary N) is 1. The smallest absolute Gasteiger partial charge is 0.123 e. The monoisotopic (exact) mass is 423 g/mol. The van der Waals surface area contributed by atoms with E-state index in [0.29, 0.717) is 6.54 Å². The molecule has 6 heteroatoms. The van der Waals surface area contributed by atoms with Gasteiger partial charge in [0.2, 0.25) is 0 Å². The molecule has 3 heterocycles. The minimum absolute atomic E-state index is 0.0282. The zero-order valence-corrected chi connectivity index (χ0v) is 18.2. The van der Waals surface area contributed by atoms with Gasteiger partial charge in [-0.2, -0.15) is 0 Å². The summed E-state index contributed by atoms with van der Waals surface area (Å²) in [6.45, 7) is 3.71. The molecule has 0 unspecified atom stereocenters. The van der Waals surface area contributed by atoms with Crippen LogP contribution in [0.15, 0.2) is 42.5 Å². The van der Waals surface area contributed by atoms with Gasteiger partial charge in [0.15, 0.2) is 0 Å². The number of methoxy groups -OCH3 is 1. The Morgan fingerprint density at radius 3 is 2.58 bits per heavy atom. The van der Waals surface area contributed by atoms with Crippen molar-refractivity contribution in [1.29, 1.82) is 0 Å². The molecule has 31 heavy (non-hydrogen) atoms. The highest BCUT2D eigenvalue weighted by molar-refractivity contribution is 5.87. The molecule has 0 amide bonds. The van der Waals surface area contributed by atoms with Crippen molar-refractivity contribution < 1.29 is 14.2 Å². The second-order valence-electron chi connectivity index (χ2n) is 9.14. The van der Waals surface area contributed by atoms with E-state index in [4.69, 9.17) is 4.74 Å². The van der Waals surface area contributed by atoms with Crippen LogP contribution in [0.3, 0.4) is 0 Å². The number of aromatic nitrogens is 1. The highest BCUT2D eigenvalue weighted by Gasteiger charge is 2.46. The SMILES string of the molecule is COc1ccc2c3c([nH]c2c1)[C@@H](CO)N(Cc1ccc(F)cc1)CC31CCN(C)CC1. The van der Waals surface area contributed by atoms with Gasteiger partial charge in [-0.05, 0) is 68.4 Å². The molecule has 1 spiro atoms. The molecule has 164 valence electrons. The van der Waals surface area contributed by atoms with Gasteiger partial charge in [-0.15, -0.1) is 0 Å². The predicted molar refractivity (Wildman–Crippen MR) is 120 cm³/mol. The van der Waals surface area contributed by atoms with E-state index < -0.39 is 0 Å². The van der Waals surface area contributed by atoms with E-state index >= 15 is 0 Å². The number of aliphatic hydroxyl groups is 1. The highest BCUT2D eigenvalue weighted by atomic mass is 19.1. The molecule has 0 bridgehead atoms. The van der Waals surface area contributed by atoms with Gasteiger partial charge < -0.3 is 19.7 Å². The number of halogens is 1. The summed E-state index contributed by atoms with van der Waals surface area (Å²) in [4.78, 5) is 8.41. The van der Waals surface area contributed by atoms with Crippen molar-refractivity contribution in [3.8, 4) is 5.75 Å². The number of hydrogen-bond acceptors (Lipinski definition) is 4. The topological polar surface area (TPSA) is 51.7 Å². The zero-order chi connectivity index (χ0) is 21.6. The van der Waals surface area contributed by atoms with Crippen molar-refractivity contribution in [1.82, 2.24) is 14.8 Å². The van der Waals surface area contributed by atoms with Crippen molar-refractivity contribution in [3.05, 3.63) is 65.1 Å². The quantitative estimate of drug-likeness (QED) is 0.670. The number of piperidine rings is 1. The van der Waals surface area contributed by atoms with Crippen molar-refractivity contribution >= 4 is 10.9 Å². The van der Waals surface area contributed by atoms with Crippen molar-refractivity contribution in [2.24, 2.45) is 0 Å². The van der Waals surface area contributed by atoms with Crippen LogP contribution >= 0.6 is 0 Å². The lowest BCUT2D eigenvalue weighted by Gasteiger charge is -2.50. The molecule has 2 aliphatic rings. The lowest BCUT2D eigenvalue weighted by Crippen LogP contribution is -2.53. The summed E-state index contributed by atoms with van der Waals surface area (Å²) < 4.78 is 18.9. The minimum atomic E-state index is -0.222. The lowest BCUT2D eigenvalue weighted by molar-refractivity contribution is 0.0474. The summed E-state index contributed by atoms with van der Waals surface area (Å²) in [6, 6.07) is 12.8. The summed E-state index contributed by atoms with van der Waals surface area (Å²) in [7, 11) is 3.87. The number of ether oxygens (including phenoxy) is 1. The first-order chi connectivity index (χ1) is 15.0. The number of likely N-dealkylation sites (tertiary alicyclic amines) is 1. The Morgan fingerprint density at radius 1 is 1.16 bits per heavy atom. The van der Waals surface area contributed by atoms with E-state index in [9.17, 15) is 9.50 Å². The number of rotatable bonds is 4. The average molecular weight is 424 g/mol. The van der Waals surface area contributed by atoms with Crippen LogP contribution in [0.5, 0.6) is 5.75 Å². The Kier molecular flexibility index (Phi) is 5.24. The number of nitrogens with zero attached hydrogens (tertiary/aromatic N) is 2. The number of benzene rings is 2. The minimum Gasteiger partial charge on any atom is -0.497 e. The molecule has 2 N–H and O–H groups in total. The summed E-state index contributed by atoms with van der Waals surface area (Å²) in [5.74, 6) is 0.604. The fraction of sp³-hybridized carbons (Fsp3) is 0.440. The molecular weight excluding hydrogens is 393 g/mol. The van der Waals surface area contributed by atoms with Crippen LogP contribution in [0.2, 0.25) is 0 Å². The Hall–Kier alpha value is -2.41. The van der Waals surface area contributed by atoms with E-state index in [1.165, 1.54) is 23.1 Å². The zero-order valence-electron chi connectivity index (χ0n) is 18.2. The molecule has 3 aromatic rings. The molecule has 1 saturated heterocycles. The predicted octanol–water partition coefficient (Wildman–Crippen LogP) is 3.83. The number of aliphatic hydroxyl groups excluding tert-OH is 1. The number of H-pyrrole nitrogens is 1. The molecule has 1 aromatic heterocycles. The van der Waals surface area contributed by atoms with E-state index in [-0.39, 0.29) is 23.9 Å². The summed E-state index contributed by atoms with van der Waals surface area (Å²) in [5.41, 5.74) is 4.63. The van der Waals surface area contributed by atoms with Crippen LogP contribution in [-0.2, 0) is 12.0 Å². The first-order valence-electron chi connectivity index (χ1n) is 11.0. The summed E-state index contributed by atoms with van der Waals surface area (Å²) in [5, 5.41) is 11.7. The van der Waals surface area contributed by atoms with Gasteiger partial charge in [0, 0.05) is 41.2 Å². The maximum Gasteiger partial charge on any atom is 0.123 e. The second kappa shape index (κ2) is 7.93. The van der Waals surface area contributed by atoms with Gasteiger partial charge in [-0.25, -0.2) is 4.39 Å². The van der Waals surface area contributed by atoms with E-state index in [1.807, 2.05) is 18.2 Å². The first-order valence-corrected chi connectivity index (χ1v) is 11.0. The molecule has 1 atom stereocenters. The third-order valence-corrected chi connectivity index (χ3v) is 7.26. The van der Waals surface area contributed by atoms with Crippen LogP contribution in [0.1, 0.15) is 35.7 Å². The van der Waals surface area contributed by atoms with E-state index in [2.05, 4.69) is 34.0 Å². The van der Waals surface area contributed by atoms with Gasteiger partial charge in [0.1, 0.15) is 11.6 Å². The Morgan fingerprint density at radius 2 is 1.90 bits per heavy atom. The third-order valence-electron chi connectivity index (χ3n) is 7.26. The molecule has 0 aliphatic carbocycles. The molecular formula is C25H30FN3O2. The van der Waals surface area contributed by atoms with Crippen LogP contribution in [0.25, 0.3) is 10.9 Å². The lowest BCUT2D eigenvalue weighted by atomic mass is 9.68. The van der Waals surface area contributed by atoms with Gasteiger partial charge in [-0.1, -0.05) is 12.1 Å². The Labute approximate surface area is 182 Å². The van der Waals surface area contributed by atoms with Gasteiger partial charge >= 0.3 is 0 Å². The number of aromatic amines is 1. The van der Waals surface area contributed by atoms with Gasteiger partial charge in [0.25, 0.3) is 0 Å². The first kappa shape index (κ1) is 20.5. The number of hydrogen-bond donors (Lipinski definition) is 2. The van der Waals surface area contributed by atoms with Crippen LogP contribution in [0.4, 0.5) is 4.39 Å². The largest absolute Gasteiger partial charge is 0.497 e. The van der Waals surface area contributed by atoms with Crippen molar-refractivity contribution in [3.63, 3.8) is 0 Å². The highest BCUT2D eigenvalue weighted by Crippen LogP contribution is 2.49. The molecule has 0 radical (unpaired) electrons. The Bertz CT molecular complexity index is 1070. The Balaban J connectivity index is 1.62. The maximum absolute atomic E-state index is 13.4. The van der Waals surface area contributed by atoms with Crippen LogP contribution in [0, 0.1) is 5.82 Å². The van der Waals surface area contributed by atoms with Gasteiger partial charge in [0.05, 0.1) is 19.8 Å². The molecule has 2 aliphatic heterocycles. The van der Waals surface area contributed by atoms with Gasteiger partial charge in [-0.3, -0.25) is 4.90 Å². The fourth-order valence-corrected chi connectivity index (χ4v) is 5.56. The normalized spacial score (nSPS) is 21.5. The van der Waals surface area contributed by atoms with Crippen LogP contribution in [-0.4, -0.2) is 60.3 Å².